The molecule has 196 valence electrons. The van der Waals surface area contributed by atoms with Crippen molar-refractivity contribution in [2.75, 3.05) is 5.32 Å². The second-order valence-corrected chi connectivity index (χ2v) is 10.5. The van der Waals surface area contributed by atoms with E-state index in [1.54, 1.807) is 38.1 Å². The third kappa shape index (κ3) is 5.47. The Hall–Kier alpha value is -3.98. The Morgan fingerprint density at radius 3 is 2.42 bits per heavy atom. The van der Waals surface area contributed by atoms with Crippen LogP contribution in [0.15, 0.2) is 65.7 Å². The molecule has 1 N–H and O–H groups in total. The molecule has 0 aliphatic heterocycles. The number of aromatic nitrogens is 2. The van der Waals surface area contributed by atoms with Crippen LogP contribution in [0.1, 0.15) is 60.3 Å². The van der Waals surface area contributed by atoms with E-state index < -0.39 is 12.0 Å². The number of benzene rings is 2. The van der Waals surface area contributed by atoms with Gasteiger partial charge in [-0.25, -0.2) is 9.78 Å². The third-order valence-corrected chi connectivity index (χ3v) is 7.96. The monoisotopic (exact) mass is 531 g/mol. The Morgan fingerprint density at radius 1 is 1.03 bits per heavy atom. The molecule has 1 aliphatic rings. The highest BCUT2D eigenvalue weighted by Crippen LogP contribution is 2.30. The quantitative estimate of drug-likeness (QED) is 0.283. The molecule has 1 unspecified atom stereocenters. The van der Waals surface area contributed by atoms with Gasteiger partial charge in [-0.15, -0.1) is 11.3 Å². The molecule has 38 heavy (non-hydrogen) atoms. The van der Waals surface area contributed by atoms with Crippen LogP contribution < -0.4 is 15.6 Å². The van der Waals surface area contributed by atoms with E-state index >= 15 is 0 Å². The van der Waals surface area contributed by atoms with Crippen molar-refractivity contribution in [1.29, 1.82) is 0 Å². The van der Waals surface area contributed by atoms with E-state index in [0.29, 0.717) is 37.8 Å². The number of ether oxygens (including phenoxy) is 2. The molecule has 0 spiro atoms. The maximum atomic E-state index is 13.4. The number of hydrogen-bond donors (Lipinski definition) is 1. The lowest BCUT2D eigenvalue weighted by Gasteiger charge is -2.21. The second-order valence-electron chi connectivity index (χ2n) is 9.46. The molecule has 2 aromatic carbocycles. The highest BCUT2D eigenvalue weighted by molar-refractivity contribution is 7.20. The molecule has 2 heterocycles. The van der Waals surface area contributed by atoms with Gasteiger partial charge >= 0.3 is 5.97 Å². The van der Waals surface area contributed by atoms with Crippen LogP contribution in [0.2, 0.25) is 0 Å². The van der Waals surface area contributed by atoms with Gasteiger partial charge in [-0.1, -0.05) is 24.6 Å². The van der Waals surface area contributed by atoms with E-state index in [1.807, 2.05) is 30.3 Å². The van der Waals surface area contributed by atoms with Crippen LogP contribution in [0.3, 0.4) is 0 Å². The number of anilines is 1. The lowest BCUT2D eigenvalue weighted by atomic mass is 9.98. The van der Waals surface area contributed by atoms with E-state index in [2.05, 4.69) is 10.3 Å². The summed E-state index contributed by atoms with van der Waals surface area (Å²) in [5, 5.41) is 3.18. The van der Waals surface area contributed by atoms with Gasteiger partial charge in [-0.05, 0) is 81.5 Å². The van der Waals surface area contributed by atoms with Crippen LogP contribution in [-0.2, 0) is 9.53 Å². The Bertz CT molecular complexity index is 1510. The Kier molecular flexibility index (Phi) is 7.55. The van der Waals surface area contributed by atoms with E-state index in [0.717, 1.165) is 37.0 Å². The van der Waals surface area contributed by atoms with Gasteiger partial charge in [0.25, 0.3) is 5.56 Å². The number of esters is 1. The van der Waals surface area contributed by atoms with Gasteiger partial charge in [-0.2, -0.15) is 0 Å². The van der Waals surface area contributed by atoms with Crippen molar-refractivity contribution in [3.05, 3.63) is 81.7 Å². The van der Waals surface area contributed by atoms with E-state index in [9.17, 15) is 14.4 Å². The lowest BCUT2D eigenvalue weighted by Crippen LogP contribution is -2.31. The fourth-order valence-corrected chi connectivity index (χ4v) is 5.62. The zero-order valence-electron chi connectivity index (χ0n) is 21.3. The minimum absolute atomic E-state index is 0.0758. The maximum absolute atomic E-state index is 13.4. The number of hydrogen-bond acceptors (Lipinski definition) is 7. The number of aryl methyl sites for hydroxylation is 1. The third-order valence-electron chi connectivity index (χ3n) is 6.78. The number of rotatable bonds is 7. The van der Waals surface area contributed by atoms with Crippen molar-refractivity contribution in [2.45, 2.75) is 58.1 Å². The number of nitrogens with zero attached hydrogens (tertiary/aromatic N) is 2. The number of amides is 1. The minimum atomic E-state index is -0.823. The van der Waals surface area contributed by atoms with Crippen LogP contribution in [0.5, 0.6) is 11.5 Å². The average molecular weight is 532 g/mol. The fraction of sp³-hybridized carbons (Fsp3) is 0.310. The summed E-state index contributed by atoms with van der Waals surface area (Å²) in [6, 6.07) is 15.6. The zero-order valence-corrected chi connectivity index (χ0v) is 22.1. The van der Waals surface area contributed by atoms with Crippen molar-refractivity contribution in [2.24, 2.45) is 0 Å². The normalized spacial score (nSPS) is 14.7. The summed E-state index contributed by atoms with van der Waals surface area (Å²) in [4.78, 5) is 44.5. The van der Waals surface area contributed by atoms with Gasteiger partial charge in [0.2, 0.25) is 5.91 Å². The van der Waals surface area contributed by atoms with E-state index in [1.165, 1.54) is 17.3 Å². The van der Waals surface area contributed by atoms with Gasteiger partial charge in [0, 0.05) is 5.69 Å². The topological polar surface area (TPSA) is 99.5 Å². The maximum Gasteiger partial charge on any atom is 0.348 e. The number of fused-ring (bicyclic) bond motifs is 1. The summed E-state index contributed by atoms with van der Waals surface area (Å²) in [7, 11) is 0. The second kappa shape index (κ2) is 11.2. The van der Waals surface area contributed by atoms with Gasteiger partial charge in [0.05, 0.1) is 11.7 Å². The SMILES string of the molecule is Cc1c(C(=O)OC2CCCCC2)sc2ncn(C(C)C(=O)Nc3ccc(Oc4ccccc4)cc3)c(=O)c12. The van der Waals surface area contributed by atoms with Crippen molar-refractivity contribution in [3.63, 3.8) is 0 Å². The first-order chi connectivity index (χ1) is 18.4. The molecule has 9 heteroatoms. The average Bonchev–Trinajstić information content (AvgIpc) is 3.28. The highest BCUT2D eigenvalue weighted by Gasteiger charge is 2.26. The molecule has 0 bridgehead atoms. The lowest BCUT2D eigenvalue weighted by molar-refractivity contribution is -0.118. The van der Waals surface area contributed by atoms with E-state index in [4.69, 9.17) is 9.47 Å². The largest absolute Gasteiger partial charge is 0.458 e. The van der Waals surface area contributed by atoms with Crippen molar-refractivity contribution in [3.8, 4) is 11.5 Å². The van der Waals surface area contributed by atoms with Crippen LogP contribution in [0.4, 0.5) is 5.69 Å². The standard InChI is InChI=1S/C29H29N3O5S/c1-18-24-27(38-25(18)29(35)37-22-11-7-4-8-12-22)30-17-32(28(24)34)19(2)26(33)31-20-13-15-23(16-14-20)36-21-9-5-3-6-10-21/h3,5-6,9-10,13-17,19,22H,4,7-8,11-12H2,1-2H3,(H,31,33). The van der Waals surface area contributed by atoms with Gasteiger partial charge in [0.15, 0.2) is 0 Å². The molecule has 1 fully saturated rings. The summed E-state index contributed by atoms with van der Waals surface area (Å²) < 4.78 is 12.8. The first-order valence-electron chi connectivity index (χ1n) is 12.8. The zero-order chi connectivity index (χ0) is 26.6. The predicted molar refractivity (Wildman–Crippen MR) is 147 cm³/mol. The summed E-state index contributed by atoms with van der Waals surface area (Å²) in [5.74, 6) is 0.580. The molecule has 0 radical (unpaired) electrons. The Labute approximate surface area is 224 Å². The van der Waals surface area contributed by atoms with E-state index in [-0.39, 0.29) is 17.6 Å². The van der Waals surface area contributed by atoms with Crippen LogP contribution in [-0.4, -0.2) is 27.5 Å². The fourth-order valence-electron chi connectivity index (χ4n) is 4.60. The first kappa shape index (κ1) is 25.7. The molecule has 2 aromatic heterocycles. The Morgan fingerprint density at radius 2 is 1.71 bits per heavy atom. The minimum Gasteiger partial charge on any atom is -0.458 e. The molecule has 5 rings (SSSR count). The smallest absolute Gasteiger partial charge is 0.348 e. The molecule has 1 saturated carbocycles. The molecule has 1 aliphatic carbocycles. The van der Waals surface area contributed by atoms with Gasteiger partial charge < -0.3 is 14.8 Å². The van der Waals surface area contributed by atoms with Crippen LogP contribution in [0, 0.1) is 6.92 Å². The number of thiophene rings is 1. The molecular weight excluding hydrogens is 502 g/mol. The number of para-hydroxylation sites is 1. The molecular formula is C29H29N3O5S. The van der Waals surface area contributed by atoms with Crippen LogP contribution in [0.25, 0.3) is 10.2 Å². The molecule has 0 saturated heterocycles. The molecule has 4 aromatic rings. The highest BCUT2D eigenvalue weighted by atomic mass is 32.1. The first-order valence-corrected chi connectivity index (χ1v) is 13.6. The summed E-state index contributed by atoms with van der Waals surface area (Å²) in [5.41, 5.74) is 0.748. The van der Waals surface area contributed by atoms with Crippen molar-refractivity contribution >= 4 is 39.1 Å². The summed E-state index contributed by atoms with van der Waals surface area (Å²) in [6.07, 6.45) is 6.30. The summed E-state index contributed by atoms with van der Waals surface area (Å²) in [6.45, 7) is 3.37. The summed E-state index contributed by atoms with van der Waals surface area (Å²) >= 11 is 1.16. The molecule has 1 amide bonds. The molecule has 8 nitrogen and oxygen atoms in total. The van der Waals surface area contributed by atoms with Crippen molar-refractivity contribution in [1.82, 2.24) is 9.55 Å². The number of nitrogens with one attached hydrogen (secondary N) is 1. The number of carbonyl (C=O) groups is 2. The Balaban J connectivity index is 1.30. The number of carbonyl (C=O) groups excluding carboxylic acids is 2. The van der Waals surface area contributed by atoms with Crippen LogP contribution >= 0.6 is 11.3 Å². The predicted octanol–water partition coefficient (Wildman–Crippen LogP) is 6.25. The van der Waals surface area contributed by atoms with Gasteiger partial charge in [0.1, 0.15) is 33.4 Å². The van der Waals surface area contributed by atoms with Gasteiger partial charge in [-0.3, -0.25) is 14.2 Å². The van der Waals surface area contributed by atoms with Crippen molar-refractivity contribution < 1.29 is 19.1 Å². The molecule has 1 atom stereocenters.